The molecule has 46 heavy (non-hydrogen) atoms. The van der Waals surface area contributed by atoms with Crippen LogP contribution < -0.4 is 9.64 Å². The average molecular weight is 631 g/mol. The standard InChI is InChI=1S/C35H47FN8O2/c1-5-10-24-11-6-7-12-27(24)31-18-29-28(22-41(31)4)32(38-34(37-29)46-23-35-13-8-15-43(35)20-25(36)19-35)42-14-9-16-44-26(21-42)17-30(39-44)33(45)40(2)3/h6-7,11-12,17,25,31H,5,8-10,13-16,18-23H2,1-4H3/t25?,31?,35-/m0/s1. The van der Waals surface area contributed by atoms with Gasteiger partial charge in [-0.25, -0.2) is 4.39 Å². The monoisotopic (exact) mass is 630 g/mol. The van der Waals surface area contributed by atoms with Gasteiger partial charge in [-0.05, 0) is 56.5 Å². The molecule has 246 valence electrons. The van der Waals surface area contributed by atoms with Crippen LogP contribution >= 0.6 is 0 Å². The number of aromatic nitrogens is 4. The molecule has 2 unspecified atom stereocenters. The molecule has 1 aromatic carbocycles. The summed E-state index contributed by atoms with van der Waals surface area (Å²) in [4.78, 5) is 31.5. The summed E-state index contributed by atoms with van der Waals surface area (Å²) in [5.74, 6) is 0.791. The fourth-order valence-corrected chi connectivity index (χ4v) is 8.18. The molecule has 1 amide bonds. The van der Waals surface area contributed by atoms with Crippen molar-refractivity contribution in [3.05, 3.63) is 64.1 Å². The highest BCUT2D eigenvalue weighted by atomic mass is 19.1. The van der Waals surface area contributed by atoms with Crippen molar-refractivity contribution in [3.8, 4) is 6.01 Å². The summed E-state index contributed by atoms with van der Waals surface area (Å²) in [7, 11) is 5.70. The van der Waals surface area contributed by atoms with Gasteiger partial charge in [0.2, 0.25) is 0 Å². The Balaban J connectivity index is 1.24. The third-order valence-corrected chi connectivity index (χ3v) is 10.5. The lowest BCUT2D eigenvalue weighted by Gasteiger charge is -2.37. The highest BCUT2D eigenvalue weighted by Gasteiger charge is 2.49. The molecule has 3 atom stereocenters. The van der Waals surface area contributed by atoms with E-state index in [1.54, 1.807) is 19.0 Å². The van der Waals surface area contributed by atoms with E-state index in [4.69, 9.17) is 14.7 Å². The van der Waals surface area contributed by atoms with Gasteiger partial charge < -0.3 is 14.5 Å². The largest absolute Gasteiger partial charge is 0.461 e. The zero-order valence-electron chi connectivity index (χ0n) is 27.7. The number of nitrogens with zero attached hydrogens (tertiary/aromatic N) is 8. The van der Waals surface area contributed by atoms with E-state index in [2.05, 4.69) is 58.0 Å². The van der Waals surface area contributed by atoms with Crippen molar-refractivity contribution in [2.75, 3.05) is 52.3 Å². The van der Waals surface area contributed by atoms with E-state index < -0.39 is 6.17 Å². The van der Waals surface area contributed by atoms with E-state index in [1.165, 1.54) is 11.1 Å². The van der Waals surface area contributed by atoms with Gasteiger partial charge in [0.15, 0.2) is 5.69 Å². The number of carbonyl (C=O) groups excluding carboxylic acids is 1. The summed E-state index contributed by atoms with van der Waals surface area (Å²) in [5, 5.41) is 4.65. The number of benzene rings is 1. The minimum absolute atomic E-state index is 0.0963. The number of fused-ring (bicyclic) bond motifs is 3. The van der Waals surface area contributed by atoms with Gasteiger partial charge in [-0.3, -0.25) is 19.3 Å². The third-order valence-electron chi connectivity index (χ3n) is 10.5. The Morgan fingerprint density at radius 3 is 2.80 bits per heavy atom. The van der Waals surface area contributed by atoms with Crippen molar-refractivity contribution in [2.24, 2.45) is 0 Å². The quantitative estimate of drug-likeness (QED) is 0.362. The van der Waals surface area contributed by atoms with Crippen molar-refractivity contribution in [1.29, 1.82) is 0 Å². The Labute approximate surface area is 271 Å². The lowest BCUT2D eigenvalue weighted by molar-refractivity contribution is 0.0821. The molecule has 0 radical (unpaired) electrons. The number of carbonyl (C=O) groups is 1. The third kappa shape index (κ3) is 5.76. The molecule has 10 nitrogen and oxygen atoms in total. The zero-order valence-corrected chi connectivity index (χ0v) is 27.7. The first kappa shape index (κ1) is 31.1. The molecule has 0 saturated carbocycles. The maximum absolute atomic E-state index is 14.6. The predicted octanol–water partition coefficient (Wildman–Crippen LogP) is 4.42. The second-order valence-corrected chi connectivity index (χ2v) is 13.9. The van der Waals surface area contributed by atoms with Gasteiger partial charge in [-0.15, -0.1) is 0 Å². The fraction of sp³-hybridized carbons (Fsp3) is 0.600. The number of hydrogen-bond acceptors (Lipinski definition) is 8. The van der Waals surface area contributed by atoms with Crippen LogP contribution in [0.3, 0.4) is 0 Å². The van der Waals surface area contributed by atoms with E-state index >= 15 is 0 Å². The van der Waals surface area contributed by atoms with Crippen molar-refractivity contribution in [3.63, 3.8) is 0 Å². The molecule has 2 aromatic heterocycles. The van der Waals surface area contributed by atoms with Gasteiger partial charge in [0.25, 0.3) is 5.91 Å². The van der Waals surface area contributed by atoms with Crippen molar-refractivity contribution < 1.29 is 13.9 Å². The molecule has 0 bridgehead atoms. The van der Waals surface area contributed by atoms with Crippen molar-refractivity contribution in [1.82, 2.24) is 34.4 Å². The van der Waals surface area contributed by atoms with Crippen LogP contribution in [0.4, 0.5) is 10.2 Å². The molecule has 2 fully saturated rings. The van der Waals surface area contributed by atoms with Crippen LogP contribution in [0.25, 0.3) is 0 Å². The van der Waals surface area contributed by atoms with E-state index in [0.717, 1.165) is 87.5 Å². The minimum atomic E-state index is -0.811. The molecule has 0 N–H and O–H groups in total. The number of alkyl halides is 1. The second-order valence-electron chi connectivity index (χ2n) is 13.9. The first-order valence-corrected chi connectivity index (χ1v) is 17.0. The molecule has 0 spiro atoms. The Morgan fingerprint density at radius 1 is 1.13 bits per heavy atom. The summed E-state index contributed by atoms with van der Waals surface area (Å²) in [6, 6.07) is 11.3. The summed E-state index contributed by atoms with van der Waals surface area (Å²) in [6.45, 7) is 6.89. The van der Waals surface area contributed by atoms with E-state index in [9.17, 15) is 9.18 Å². The van der Waals surface area contributed by atoms with Gasteiger partial charge in [0, 0.05) is 64.7 Å². The minimum Gasteiger partial charge on any atom is -0.461 e. The van der Waals surface area contributed by atoms with Gasteiger partial charge in [0.1, 0.15) is 18.6 Å². The molecule has 3 aromatic rings. The number of hydrogen-bond donors (Lipinski definition) is 0. The summed E-state index contributed by atoms with van der Waals surface area (Å²) < 4.78 is 23.0. The number of anilines is 1. The van der Waals surface area contributed by atoms with Crippen LogP contribution in [0.1, 0.15) is 83.6 Å². The molecule has 4 aliphatic heterocycles. The lowest BCUT2D eigenvalue weighted by Crippen LogP contribution is -2.43. The van der Waals surface area contributed by atoms with E-state index in [0.29, 0.717) is 37.8 Å². The smallest absolute Gasteiger partial charge is 0.318 e. The van der Waals surface area contributed by atoms with Gasteiger partial charge in [-0.2, -0.15) is 15.1 Å². The fourth-order valence-electron chi connectivity index (χ4n) is 8.18. The van der Waals surface area contributed by atoms with E-state index in [1.807, 2.05) is 10.7 Å². The summed E-state index contributed by atoms with van der Waals surface area (Å²) in [6.07, 6.45) is 5.48. The van der Waals surface area contributed by atoms with Crippen molar-refractivity contribution in [2.45, 2.75) is 89.3 Å². The first-order valence-electron chi connectivity index (χ1n) is 17.0. The Bertz CT molecular complexity index is 1590. The molecule has 2 saturated heterocycles. The SMILES string of the molecule is CCCc1ccccc1C1Cc2nc(OC[C@@]34CCCN3CC(F)C4)nc(N3CCCn4nc(C(=O)N(C)C)cc4C3)c2CN1C. The second kappa shape index (κ2) is 12.6. The Kier molecular flexibility index (Phi) is 8.48. The maximum atomic E-state index is 14.6. The number of halogens is 1. The van der Waals surface area contributed by atoms with Gasteiger partial charge >= 0.3 is 6.01 Å². The first-order chi connectivity index (χ1) is 22.2. The summed E-state index contributed by atoms with van der Waals surface area (Å²) in [5.41, 5.74) is 6.08. The molecular formula is C35H47FN8O2. The molecule has 11 heteroatoms. The average Bonchev–Trinajstić information content (AvgIpc) is 3.66. The number of amides is 1. The lowest BCUT2D eigenvalue weighted by atomic mass is 9.89. The topological polar surface area (TPSA) is 82.9 Å². The predicted molar refractivity (Wildman–Crippen MR) is 175 cm³/mol. The van der Waals surface area contributed by atoms with Crippen LogP contribution in [0.15, 0.2) is 30.3 Å². The van der Waals surface area contributed by atoms with Crippen LogP contribution in [-0.2, 0) is 32.5 Å². The number of likely N-dealkylation sites (N-methyl/N-ethyl adjacent to an activating group) is 1. The molecule has 7 rings (SSSR count). The molecule has 0 aliphatic carbocycles. The highest BCUT2D eigenvalue weighted by molar-refractivity contribution is 5.92. The zero-order chi connectivity index (χ0) is 32.0. The molecule has 6 heterocycles. The molecule has 4 aliphatic rings. The van der Waals surface area contributed by atoms with Crippen molar-refractivity contribution >= 4 is 11.7 Å². The highest BCUT2D eigenvalue weighted by Crippen LogP contribution is 2.41. The Hall–Kier alpha value is -3.57. The summed E-state index contributed by atoms with van der Waals surface area (Å²) >= 11 is 0. The number of rotatable bonds is 8. The normalized spacial score (nSPS) is 24.8. The molecular weight excluding hydrogens is 583 g/mol. The van der Waals surface area contributed by atoms with Crippen LogP contribution in [0.2, 0.25) is 0 Å². The van der Waals surface area contributed by atoms with Crippen LogP contribution in [0, 0.1) is 0 Å². The Morgan fingerprint density at radius 2 is 1.98 bits per heavy atom. The van der Waals surface area contributed by atoms with E-state index in [-0.39, 0.29) is 17.5 Å². The van der Waals surface area contributed by atoms with Gasteiger partial charge in [-0.1, -0.05) is 37.6 Å². The van der Waals surface area contributed by atoms with Crippen LogP contribution in [0.5, 0.6) is 6.01 Å². The number of ether oxygens (including phenoxy) is 1. The maximum Gasteiger partial charge on any atom is 0.318 e. The van der Waals surface area contributed by atoms with Gasteiger partial charge in [0.05, 0.1) is 23.5 Å². The number of aryl methyl sites for hydroxylation is 2. The van der Waals surface area contributed by atoms with Crippen LogP contribution in [-0.4, -0.2) is 99.5 Å².